The van der Waals surface area contributed by atoms with Crippen molar-refractivity contribution >= 4 is 34.3 Å². The largest absolute Gasteiger partial charge is 0.345 e. The van der Waals surface area contributed by atoms with Gasteiger partial charge in [0.1, 0.15) is 5.82 Å². The predicted octanol–water partition coefficient (Wildman–Crippen LogP) is 2.68. The molecule has 1 amide bonds. The summed E-state index contributed by atoms with van der Waals surface area (Å²) in [6, 6.07) is 10.1. The molecule has 5 nitrogen and oxygen atoms in total. The van der Waals surface area contributed by atoms with E-state index in [1.54, 1.807) is 11.8 Å². The molecule has 0 radical (unpaired) electrons. The molecule has 1 aliphatic rings. The van der Waals surface area contributed by atoms with Gasteiger partial charge in [-0.2, -0.15) is 4.37 Å². The molecule has 0 spiro atoms. The summed E-state index contributed by atoms with van der Waals surface area (Å²) in [5.74, 6) is 1.54. The van der Waals surface area contributed by atoms with E-state index in [1.165, 1.54) is 11.5 Å². The number of thioether (sulfide) groups is 1. The Kier molecular flexibility index (Phi) is 5.51. The number of hydrogen-bond donors (Lipinski definition) is 0. The highest BCUT2D eigenvalue weighted by atomic mass is 32.2. The van der Waals surface area contributed by atoms with Crippen molar-refractivity contribution < 1.29 is 4.79 Å². The third-order valence-electron chi connectivity index (χ3n) is 3.74. The number of aromatic nitrogens is 2. The molecule has 0 N–H and O–H groups in total. The number of hydrogen-bond acceptors (Lipinski definition) is 6. The molecule has 2 heterocycles. The van der Waals surface area contributed by atoms with E-state index in [1.807, 2.05) is 42.2 Å². The van der Waals surface area contributed by atoms with E-state index >= 15 is 0 Å². The first-order chi connectivity index (χ1) is 11.2. The molecule has 0 saturated carbocycles. The standard InChI is InChI=1S/C16H20N4OS2/c1-13-17-16(23-18-13)20-9-5-8-19(10-11-20)15(21)12-22-14-6-3-2-4-7-14/h2-4,6-7H,5,8-12H2,1H3. The third-order valence-corrected chi connectivity index (χ3v) is 5.61. The number of benzene rings is 1. The van der Waals surface area contributed by atoms with Crippen LogP contribution in [0.4, 0.5) is 5.13 Å². The molecule has 0 bridgehead atoms. The number of rotatable bonds is 4. The van der Waals surface area contributed by atoms with Crippen LogP contribution in [0.2, 0.25) is 0 Å². The molecule has 1 aliphatic heterocycles. The monoisotopic (exact) mass is 348 g/mol. The highest BCUT2D eigenvalue weighted by Gasteiger charge is 2.20. The van der Waals surface area contributed by atoms with E-state index in [-0.39, 0.29) is 5.91 Å². The molecule has 2 aromatic rings. The van der Waals surface area contributed by atoms with Gasteiger partial charge < -0.3 is 9.80 Å². The minimum absolute atomic E-state index is 0.217. The van der Waals surface area contributed by atoms with Crippen molar-refractivity contribution in [3.05, 3.63) is 36.2 Å². The maximum absolute atomic E-state index is 12.4. The minimum atomic E-state index is 0.217. The molecule has 7 heteroatoms. The van der Waals surface area contributed by atoms with Crippen LogP contribution in [-0.2, 0) is 4.79 Å². The lowest BCUT2D eigenvalue weighted by Gasteiger charge is -2.21. The number of carbonyl (C=O) groups is 1. The number of anilines is 1. The second-order valence-corrected chi connectivity index (χ2v) is 7.23. The zero-order valence-corrected chi connectivity index (χ0v) is 14.8. The van der Waals surface area contributed by atoms with E-state index in [0.717, 1.165) is 48.5 Å². The fourth-order valence-corrected chi connectivity index (χ4v) is 4.07. The van der Waals surface area contributed by atoms with Crippen LogP contribution in [-0.4, -0.2) is 52.1 Å². The SMILES string of the molecule is Cc1nsc(N2CCCN(C(=O)CSc3ccccc3)CC2)n1. The highest BCUT2D eigenvalue weighted by Crippen LogP contribution is 2.20. The van der Waals surface area contributed by atoms with Crippen molar-refractivity contribution in [1.82, 2.24) is 14.3 Å². The van der Waals surface area contributed by atoms with E-state index < -0.39 is 0 Å². The van der Waals surface area contributed by atoms with Crippen LogP contribution in [0, 0.1) is 6.92 Å². The lowest BCUT2D eigenvalue weighted by Crippen LogP contribution is -2.36. The van der Waals surface area contributed by atoms with Crippen LogP contribution in [0.5, 0.6) is 0 Å². The van der Waals surface area contributed by atoms with Gasteiger partial charge in [-0.05, 0) is 25.5 Å². The fraction of sp³-hybridized carbons (Fsp3) is 0.438. The molecular weight excluding hydrogens is 328 g/mol. The first kappa shape index (κ1) is 16.3. The predicted molar refractivity (Wildman–Crippen MR) is 95.2 cm³/mol. The highest BCUT2D eigenvalue weighted by molar-refractivity contribution is 8.00. The maximum Gasteiger partial charge on any atom is 0.232 e. The molecule has 1 aromatic carbocycles. The van der Waals surface area contributed by atoms with Crippen molar-refractivity contribution in [1.29, 1.82) is 0 Å². The number of amides is 1. The van der Waals surface area contributed by atoms with Gasteiger partial charge in [-0.15, -0.1) is 11.8 Å². The van der Waals surface area contributed by atoms with Gasteiger partial charge in [-0.3, -0.25) is 4.79 Å². The summed E-state index contributed by atoms with van der Waals surface area (Å²) < 4.78 is 4.24. The van der Waals surface area contributed by atoms with Crippen LogP contribution in [0.1, 0.15) is 12.2 Å². The second kappa shape index (κ2) is 7.79. The molecule has 0 aliphatic carbocycles. The quantitative estimate of drug-likeness (QED) is 0.795. The smallest absolute Gasteiger partial charge is 0.232 e. The van der Waals surface area contributed by atoms with Crippen LogP contribution in [0.15, 0.2) is 35.2 Å². The summed E-state index contributed by atoms with van der Waals surface area (Å²) in [5, 5.41) is 0.968. The van der Waals surface area contributed by atoms with E-state index in [9.17, 15) is 4.79 Å². The Balaban J connectivity index is 1.52. The minimum Gasteiger partial charge on any atom is -0.345 e. The molecule has 1 saturated heterocycles. The summed E-state index contributed by atoms with van der Waals surface area (Å²) >= 11 is 3.04. The molecule has 23 heavy (non-hydrogen) atoms. The fourth-order valence-electron chi connectivity index (χ4n) is 2.53. The van der Waals surface area contributed by atoms with E-state index in [0.29, 0.717) is 5.75 Å². The molecule has 0 unspecified atom stereocenters. The first-order valence-corrected chi connectivity index (χ1v) is 9.49. The molecule has 0 atom stereocenters. The van der Waals surface area contributed by atoms with Crippen molar-refractivity contribution in [3.8, 4) is 0 Å². The normalized spacial score (nSPS) is 15.5. The average Bonchev–Trinajstić information content (AvgIpc) is 2.86. The van der Waals surface area contributed by atoms with Crippen LogP contribution in [0.25, 0.3) is 0 Å². The lowest BCUT2D eigenvalue weighted by atomic mass is 10.4. The lowest BCUT2D eigenvalue weighted by molar-refractivity contribution is -0.128. The van der Waals surface area contributed by atoms with Gasteiger partial charge in [-0.25, -0.2) is 4.98 Å². The Morgan fingerprint density at radius 2 is 2.04 bits per heavy atom. The van der Waals surface area contributed by atoms with Gasteiger partial charge in [0, 0.05) is 42.6 Å². The van der Waals surface area contributed by atoms with Crippen molar-refractivity contribution in [2.24, 2.45) is 0 Å². The Hall–Kier alpha value is -1.60. The summed E-state index contributed by atoms with van der Waals surface area (Å²) in [6.45, 7) is 5.25. The van der Waals surface area contributed by atoms with Crippen molar-refractivity contribution in [3.63, 3.8) is 0 Å². The van der Waals surface area contributed by atoms with Gasteiger partial charge >= 0.3 is 0 Å². The van der Waals surface area contributed by atoms with Crippen molar-refractivity contribution in [2.45, 2.75) is 18.2 Å². The molecule has 122 valence electrons. The Labute approximate surface area is 144 Å². The van der Waals surface area contributed by atoms with E-state index in [2.05, 4.69) is 14.3 Å². The summed E-state index contributed by atoms with van der Waals surface area (Å²) in [4.78, 5) is 22.2. The maximum atomic E-state index is 12.4. The average molecular weight is 348 g/mol. The Morgan fingerprint density at radius 3 is 2.78 bits per heavy atom. The number of aryl methyl sites for hydroxylation is 1. The molecule has 1 aromatic heterocycles. The van der Waals surface area contributed by atoms with Crippen LogP contribution < -0.4 is 4.90 Å². The van der Waals surface area contributed by atoms with Gasteiger partial charge in [0.2, 0.25) is 11.0 Å². The first-order valence-electron chi connectivity index (χ1n) is 7.73. The zero-order chi connectivity index (χ0) is 16.1. The van der Waals surface area contributed by atoms with Crippen LogP contribution in [0.3, 0.4) is 0 Å². The van der Waals surface area contributed by atoms with Gasteiger partial charge in [0.05, 0.1) is 5.75 Å². The van der Waals surface area contributed by atoms with Gasteiger partial charge in [0.15, 0.2) is 0 Å². The molecule has 3 rings (SSSR count). The summed E-state index contributed by atoms with van der Waals surface area (Å²) in [7, 11) is 0. The van der Waals surface area contributed by atoms with Crippen molar-refractivity contribution in [2.75, 3.05) is 36.8 Å². The van der Waals surface area contributed by atoms with Gasteiger partial charge in [-0.1, -0.05) is 18.2 Å². The number of carbonyl (C=O) groups excluding carboxylic acids is 1. The topological polar surface area (TPSA) is 49.3 Å². The third kappa shape index (κ3) is 4.45. The molecule has 1 fully saturated rings. The van der Waals surface area contributed by atoms with Crippen LogP contribution >= 0.6 is 23.3 Å². The van der Waals surface area contributed by atoms with Gasteiger partial charge in [0.25, 0.3) is 0 Å². The zero-order valence-electron chi connectivity index (χ0n) is 13.1. The Bertz CT molecular complexity index is 647. The van der Waals surface area contributed by atoms with E-state index in [4.69, 9.17) is 0 Å². The molecular formula is C16H20N4OS2. The second-order valence-electron chi connectivity index (χ2n) is 5.45. The number of nitrogens with zero attached hydrogens (tertiary/aromatic N) is 4. The Morgan fingerprint density at radius 1 is 1.22 bits per heavy atom. The summed E-state index contributed by atoms with van der Waals surface area (Å²) in [5.41, 5.74) is 0. The summed E-state index contributed by atoms with van der Waals surface area (Å²) in [6.07, 6.45) is 0.973.